The van der Waals surface area contributed by atoms with Gasteiger partial charge in [-0.05, 0) is 85.1 Å². The first kappa shape index (κ1) is 28.0. The van der Waals surface area contributed by atoms with Crippen molar-refractivity contribution in [2.45, 2.75) is 104 Å². The third kappa shape index (κ3) is 13.2. The number of esters is 1. The first-order chi connectivity index (χ1) is 12.4. The van der Waals surface area contributed by atoms with Crippen LogP contribution in [-0.4, -0.2) is 45.8 Å². The van der Waals surface area contributed by atoms with E-state index in [0.717, 1.165) is 25.3 Å². The lowest BCUT2D eigenvalue weighted by Gasteiger charge is -2.43. The zero-order chi connectivity index (χ0) is 22.4. The van der Waals surface area contributed by atoms with Crippen LogP contribution in [0.4, 0.5) is 0 Å². The summed E-state index contributed by atoms with van der Waals surface area (Å²) < 4.78 is 25.6. The molecular weight excluding hydrogens is 421 g/mol. The van der Waals surface area contributed by atoms with Crippen molar-refractivity contribution in [3.8, 4) is 0 Å². The van der Waals surface area contributed by atoms with Gasteiger partial charge in [0.1, 0.15) is 6.10 Å². The molecule has 0 aliphatic heterocycles. The van der Waals surface area contributed by atoms with Crippen molar-refractivity contribution in [1.29, 1.82) is 0 Å². The van der Waals surface area contributed by atoms with Gasteiger partial charge in [-0.25, -0.2) is 4.79 Å². The fourth-order valence-electron chi connectivity index (χ4n) is 2.76. The van der Waals surface area contributed by atoms with Gasteiger partial charge in [0, 0.05) is 11.6 Å². The van der Waals surface area contributed by atoms with Crippen molar-refractivity contribution in [2.24, 2.45) is 0 Å². The molecule has 166 valence electrons. The minimum absolute atomic E-state index is 0.110. The largest absolute Gasteiger partial charge is 0.469 e. The van der Waals surface area contributed by atoms with E-state index in [2.05, 4.69) is 65.5 Å². The van der Waals surface area contributed by atoms with E-state index in [-0.39, 0.29) is 12.1 Å². The molecule has 0 saturated carbocycles. The van der Waals surface area contributed by atoms with Gasteiger partial charge in [0.15, 0.2) is 25.0 Å². The van der Waals surface area contributed by atoms with Crippen LogP contribution in [0.15, 0.2) is 12.2 Å². The van der Waals surface area contributed by atoms with Gasteiger partial charge in [-0.2, -0.15) is 0 Å². The maximum absolute atomic E-state index is 11.9. The van der Waals surface area contributed by atoms with Crippen LogP contribution in [0.5, 0.6) is 0 Å². The Balaban J connectivity index is 5.42. The smallest absolute Gasteiger partial charge is 0.459 e. The topological polar surface area (TPSA) is 54.0 Å². The van der Waals surface area contributed by atoms with Gasteiger partial charge < -0.3 is 17.1 Å². The van der Waals surface area contributed by atoms with Crippen LogP contribution in [0.25, 0.3) is 0 Å². The van der Waals surface area contributed by atoms with Crippen LogP contribution < -0.4 is 0 Å². The zero-order valence-electron chi connectivity index (χ0n) is 20.2. The van der Waals surface area contributed by atoms with Gasteiger partial charge in [0.05, 0.1) is 0 Å². The summed E-state index contributed by atoms with van der Waals surface area (Å²) in [6.07, 6.45) is 2.31. The van der Waals surface area contributed by atoms with Crippen LogP contribution in [-0.2, 0) is 21.9 Å². The molecule has 0 fully saturated rings. The van der Waals surface area contributed by atoms with E-state index < -0.39 is 33.8 Å². The summed E-state index contributed by atoms with van der Waals surface area (Å²) in [4.78, 5) is 11.9. The fraction of sp³-hybridized carbons (Fsp3) is 0.842. The lowest BCUT2D eigenvalue weighted by atomic mass is 10.1. The molecule has 0 saturated heterocycles. The maximum Gasteiger partial charge on any atom is 0.469 e. The van der Waals surface area contributed by atoms with Crippen LogP contribution in [0.3, 0.4) is 0 Å². The lowest BCUT2D eigenvalue weighted by molar-refractivity contribution is -0.144. The summed E-state index contributed by atoms with van der Waals surface area (Å²) in [5.41, 5.74) is 0.438. The monoisotopic (exact) mass is 464 g/mol. The Labute approximate surface area is 177 Å². The van der Waals surface area contributed by atoms with E-state index in [0.29, 0.717) is 5.57 Å². The van der Waals surface area contributed by atoms with Crippen molar-refractivity contribution < 1.29 is 21.9 Å². The normalized spacial score (nSPS) is 14.7. The Kier molecular flexibility index (Phi) is 10.8. The summed E-state index contributed by atoms with van der Waals surface area (Å²) >= 11 is 0. The average molecular weight is 465 g/mol. The molecule has 28 heavy (non-hydrogen) atoms. The average Bonchev–Trinajstić information content (AvgIpc) is 2.39. The summed E-state index contributed by atoms with van der Waals surface area (Å²) in [5, 5.41) is 0. The molecule has 0 heterocycles. The zero-order valence-corrected chi connectivity index (χ0v) is 24.2. The number of hydrogen-bond acceptors (Lipinski definition) is 5. The Hall–Kier alpha value is -0.0425. The number of carbonyl (C=O) groups is 1. The number of hydrogen-bond donors (Lipinski definition) is 0. The molecule has 1 atom stereocenters. The van der Waals surface area contributed by atoms with Crippen molar-refractivity contribution in [1.82, 2.24) is 0 Å². The summed E-state index contributed by atoms with van der Waals surface area (Å²) in [5.74, 6) is -0.314. The maximum atomic E-state index is 11.9. The van der Waals surface area contributed by atoms with Gasteiger partial charge in [-0.1, -0.05) is 13.5 Å². The molecule has 0 aromatic heterocycles. The molecule has 0 aromatic rings. The molecule has 0 rings (SSSR count). The summed E-state index contributed by atoms with van der Waals surface area (Å²) in [6, 6.07) is 0.771. The van der Waals surface area contributed by atoms with E-state index in [4.69, 9.17) is 17.1 Å². The van der Waals surface area contributed by atoms with Crippen LogP contribution in [0.1, 0.15) is 33.1 Å². The van der Waals surface area contributed by atoms with E-state index >= 15 is 0 Å². The second-order valence-corrected chi connectivity index (χ2v) is 27.4. The molecule has 0 spiro atoms. The highest BCUT2D eigenvalue weighted by molar-refractivity contribution is 6.90. The SMILES string of the molecule is C=C(C)C(=O)OC(CC)CCC[Si](O[Si](C)(C)C)(O[Si](C)(C)C)O[Si](C)(C)C. The van der Waals surface area contributed by atoms with Gasteiger partial charge >= 0.3 is 14.8 Å². The van der Waals surface area contributed by atoms with E-state index in [1.807, 2.05) is 6.92 Å². The number of ether oxygens (including phenoxy) is 1. The molecule has 0 bridgehead atoms. The quantitative estimate of drug-likeness (QED) is 0.186. The molecule has 1 unspecified atom stereocenters. The predicted molar refractivity (Wildman–Crippen MR) is 128 cm³/mol. The standard InChI is InChI=1S/C19H44O5Si4/c1-13-18(21-19(20)17(2)3)15-14-16-28(22-25(4,5)6,23-26(7,8)9)24-27(10,11)12/h18H,2,13-16H2,1,3-12H3. The molecule has 0 radical (unpaired) electrons. The number of carbonyl (C=O) groups excluding carboxylic acids is 1. The van der Waals surface area contributed by atoms with Gasteiger partial charge in [-0.15, -0.1) is 0 Å². The second kappa shape index (κ2) is 10.8. The van der Waals surface area contributed by atoms with E-state index in [9.17, 15) is 4.79 Å². The van der Waals surface area contributed by atoms with Gasteiger partial charge in [0.25, 0.3) is 0 Å². The predicted octanol–water partition coefficient (Wildman–Crippen LogP) is 6.16. The van der Waals surface area contributed by atoms with Crippen LogP contribution >= 0.6 is 0 Å². The van der Waals surface area contributed by atoms with Crippen molar-refractivity contribution >= 4 is 39.7 Å². The Morgan fingerprint density at radius 2 is 1.25 bits per heavy atom. The highest BCUT2D eigenvalue weighted by Crippen LogP contribution is 2.31. The van der Waals surface area contributed by atoms with Crippen LogP contribution in [0, 0.1) is 0 Å². The van der Waals surface area contributed by atoms with Crippen molar-refractivity contribution in [3.05, 3.63) is 12.2 Å². The fourth-order valence-corrected chi connectivity index (χ4v) is 17.4. The van der Waals surface area contributed by atoms with E-state index in [1.54, 1.807) is 6.92 Å². The molecule has 5 nitrogen and oxygen atoms in total. The molecule has 0 N–H and O–H groups in total. The minimum atomic E-state index is -2.82. The third-order valence-corrected chi connectivity index (χ3v) is 15.5. The summed E-state index contributed by atoms with van der Waals surface area (Å²) in [7, 11) is -8.39. The molecule has 0 aromatic carbocycles. The van der Waals surface area contributed by atoms with Gasteiger partial charge in [0.2, 0.25) is 0 Å². The van der Waals surface area contributed by atoms with Crippen molar-refractivity contribution in [3.63, 3.8) is 0 Å². The first-order valence-corrected chi connectivity index (χ1v) is 22.5. The molecule has 0 aliphatic carbocycles. The van der Waals surface area contributed by atoms with Crippen molar-refractivity contribution in [2.75, 3.05) is 0 Å². The first-order valence-electron chi connectivity index (χ1n) is 10.3. The molecule has 0 aliphatic rings. The Morgan fingerprint density at radius 1 is 0.857 bits per heavy atom. The van der Waals surface area contributed by atoms with E-state index in [1.165, 1.54) is 0 Å². The minimum Gasteiger partial charge on any atom is -0.459 e. The lowest BCUT2D eigenvalue weighted by Crippen LogP contribution is -2.60. The third-order valence-electron chi connectivity index (χ3n) is 3.47. The Bertz CT molecular complexity index is 477. The Morgan fingerprint density at radius 3 is 1.54 bits per heavy atom. The second-order valence-electron chi connectivity index (χ2n) is 10.4. The molecular formula is C19H44O5Si4. The highest BCUT2D eigenvalue weighted by Gasteiger charge is 2.49. The highest BCUT2D eigenvalue weighted by atomic mass is 28.5. The summed E-state index contributed by atoms with van der Waals surface area (Å²) in [6.45, 7) is 27.1. The molecule has 9 heteroatoms. The van der Waals surface area contributed by atoms with Gasteiger partial charge in [-0.3, -0.25) is 0 Å². The number of rotatable bonds is 13. The molecule has 0 amide bonds. The van der Waals surface area contributed by atoms with Crippen LogP contribution in [0.2, 0.25) is 65.0 Å².